The zero-order valence-corrected chi connectivity index (χ0v) is 32.5. The van der Waals surface area contributed by atoms with Crippen LogP contribution in [0.15, 0.2) is 141 Å². The van der Waals surface area contributed by atoms with E-state index >= 15 is 0 Å². The fraction of sp³-hybridized carbons (Fsp3) is 0.160. The molecule has 0 aliphatic carbocycles. The molecular formula is C50H44N4O2. The molecule has 8 rings (SSSR count). The highest BCUT2D eigenvalue weighted by Gasteiger charge is 2.21. The fourth-order valence-corrected chi connectivity index (χ4v) is 7.12. The number of fused-ring (bicyclic) bond motifs is 12. The quantitative estimate of drug-likeness (QED) is 0.162. The molecule has 6 heteroatoms. The van der Waals surface area contributed by atoms with E-state index in [4.69, 9.17) is 20.0 Å². The first-order valence-electron chi connectivity index (χ1n) is 18.9. The van der Waals surface area contributed by atoms with E-state index in [1.807, 2.05) is 84.9 Å². The number of benzene rings is 7. The lowest BCUT2D eigenvalue weighted by molar-refractivity contribution is 0.471. The van der Waals surface area contributed by atoms with E-state index in [0.29, 0.717) is 33.6 Å². The van der Waals surface area contributed by atoms with Crippen LogP contribution in [0.4, 0.5) is 22.7 Å². The van der Waals surface area contributed by atoms with Crippen molar-refractivity contribution in [3.63, 3.8) is 0 Å². The summed E-state index contributed by atoms with van der Waals surface area (Å²) in [5, 5.41) is 27.8. The third-order valence-electron chi connectivity index (χ3n) is 10.4. The number of para-hydroxylation sites is 2. The standard InChI is InChI=1S/C50H44N4O2/c1-49(2,3)37-23-33-27-51-41-17-11-12-18-42(41)52-28-34-24-38(50(4,5)6)26-36(48(34)56)30-54-44-22-20-32-14-8-10-16-40(32)46(44)45-39-15-9-7-13-31(39)19-21-43(45)53-29-35(25-37)47(33)55/h7-30,55-56H,1-6H3. The van der Waals surface area contributed by atoms with Gasteiger partial charge in [-0.3, -0.25) is 20.0 Å². The Morgan fingerprint density at radius 3 is 1.05 bits per heavy atom. The maximum Gasteiger partial charge on any atom is 0.133 e. The molecule has 276 valence electrons. The summed E-state index contributed by atoms with van der Waals surface area (Å²) in [6.07, 6.45) is 6.87. The summed E-state index contributed by atoms with van der Waals surface area (Å²) in [4.78, 5) is 20.0. The third kappa shape index (κ3) is 7.02. The maximum atomic E-state index is 11.8. The minimum Gasteiger partial charge on any atom is -0.507 e. The number of hydrogen-bond donors (Lipinski definition) is 2. The second kappa shape index (κ2) is 14.2. The van der Waals surface area contributed by atoms with Gasteiger partial charge in [0.1, 0.15) is 11.5 Å². The van der Waals surface area contributed by atoms with Gasteiger partial charge < -0.3 is 10.2 Å². The fourth-order valence-electron chi connectivity index (χ4n) is 7.12. The molecule has 7 aromatic rings. The highest BCUT2D eigenvalue weighted by atomic mass is 16.3. The minimum atomic E-state index is -0.221. The summed E-state index contributed by atoms with van der Waals surface area (Å²) in [6, 6.07) is 40.4. The Labute approximate surface area is 328 Å². The number of aromatic hydroxyl groups is 2. The Hall–Kier alpha value is -6.66. The molecule has 0 radical (unpaired) electrons. The first-order chi connectivity index (χ1) is 26.8. The van der Waals surface area contributed by atoms with Crippen LogP contribution in [0.2, 0.25) is 0 Å². The van der Waals surface area contributed by atoms with Crippen molar-refractivity contribution in [1.29, 1.82) is 0 Å². The Kier molecular flexibility index (Phi) is 9.21. The van der Waals surface area contributed by atoms with Crippen molar-refractivity contribution in [2.75, 3.05) is 0 Å². The Morgan fingerprint density at radius 1 is 0.375 bits per heavy atom. The van der Waals surface area contributed by atoms with E-state index in [9.17, 15) is 10.2 Å². The number of nitrogens with zero attached hydrogens (tertiary/aromatic N) is 4. The lowest BCUT2D eigenvalue weighted by Gasteiger charge is -2.21. The molecule has 0 aromatic heterocycles. The first kappa shape index (κ1) is 36.3. The van der Waals surface area contributed by atoms with Crippen molar-refractivity contribution < 1.29 is 10.2 Å². The second-order valence-electron chi connectivity index (χ2n) is 16.4. The zero-order chi connectivity index (χ0) is 39.2. The lowest BCUT2D eigenvalue weighted by atomic mass is 9.85. The van der Waals surface area contributed by atoms with Gasteiger partial charge in [-0.05, 0) is 92.0 Å². The molecule has 0 unspecified atom stereocenters. The van der Waals surface area contributed by atoms with Gasteiger partial charge in [-0.2, -0.15) is 0 Å². The van der Waals surface area contributed by atoms with Gasteiger partial charge in [0, 0.05) is 58.2 Å². The monoisotopic (exact) mass is 732 g/mol. The van der Waals surface area contributed by atoms with Gasteiger partial charge in [-0.25, -0.2) is 0 Å². The van der Waals surface area contributed by atoms with Crippen LogP contribution in [0.3, 0.4) is 0 Å². The van der Waals surface area contributed by atoms with Gasteiger partial charge in [-0.15, -0.1) is 0 Å². The molecule has 2 N–H and O–H groups in total. The molecular weight excluding hydrogens is 689 g/mol. The zero-order valence-electron chi connectivity index (χ0n) is 32.5. The van der Waals surface area contributed by atoms with E-state index in [1.165, 1.54) is 0 Å². The van der Waals surface area contributed by atoms with Gasteiger partial charge >= 0.3 is 0 Å². The molecule has 1 aliphatic heterocycles. The highest BCUT2D eigenvalue weighted by Crippen LogP contribution is 2.46. The summed E-state index contributed by atoms with van der Waals surface area (Å²) < 4.78 is 0. The lowest BCUT2D eigenvalue weighted by Crippen LogP contribution is -2.12. The van der Waals surface area contributed by atoms with E-state index in [0.717, 1.165) is 55.2 Å². The van der Waals surface area contributed by atoms with Gasteiger partial charge in [0.15, 0.2) is 0 Å². The van der Waals surface area contributed by atoms with Crippen molar-refractivity contribution >= 4 is 69.2 Å². The Bertz CT molecular complexity index is 2600. The summed E-state index contributed by atoms with van der Waals surface area (Å²) >= 11 is 0. The van der Waals surface area contributed by atoms with Crippen molar-refractivity contribution in [1.82, 2.24) is 0 Å². The first-order valence-corrected chi connectivity index (χ1v) is 18.9. The van der Waals surface area contributed by atoms with Gasteiger partial charge in [0.25, 0.3) is 0 Å². The van der Waals surface area contributed by atoms with E-state index in [1.54, 1.807) is 24.9 Å². The van der Waals surface area contributed by atoms with E-state index < -0.39 is 0 Å². The largest absolute Gasteiger partial charge is 0.507 e. The number of aliphatic imine (C=N–C) groups is 4. The molecule has 1 aliphatic rings. The van der Waals surface area contributed by atoms with Gasteiger partial charge in [0.2, 0.25) is 0 Å². The third-order valence-corrected chi connectivity index (χ3v) is 10.4. The molecule has 6 nitrogen and oxygen atoms in total. The van der Waals surface area contributed by atoms with E-state index in [2.05, 4.69) is 77.9 Å². The highest BCUT2D eigenvalue weighted by molar-refractivity contribution is 6.14. The molecule has 0 amide bonds. The average molecular weight is 733 g/mol. The van der Waals surface area contributed by atoms with Crippen LogP contribution in [0.1, 0.15) is 74.9 Å². The molecule has 7 aromatic carbocycles. The maximum absolute atomic E-state index is 11.8. The number of phenols is 2. The molecule has 0 spiro atoms. The Morgan fingerprint density at radius 2 is 0.696 bits per heavy atom. The summed E-state index contributed by atoms with van der Waals surface area (Å²) in [5.41, 5.74) is 8.44. The predicted octanol–water partition coefficient (Wildman–Crippen LogP) is 13.0. The van der Waals surface area contributed by atoms with Crippen molar-refractivity contribution in [2.24, 2.45) is 20.0 Å². The van der Waals surface area contributed by atoms with Crippen molar-refractivity contribution in [3.05, 3.63) is 155 Å². The summed E-state index contributed by atoms with van der Waals surface area (Å²) in [5.74, 6) is 0.158. The number of phenolic OH excluding ortho intramolecular Hbond substituents is 2. The normalized spacial score (nSPS) is 13.0. The molecule has 0 saturated heterocycles. The van der Waals surface area contributed by atoms with Crippen molar-refractivity contribution in [2.45, 2.75) is 52.4 Å². The van der Waals surface area contributed by atoms with Crippen LogP contribution < -0.4 is 0 Å². The average Bonchev–Trinajstić information content (AvgIpc) is 3.18. The number of rotatable bonds is 0. The number of hydrogen-bond acceptors (Lipinski definition) is 6. The van der Waals surface area contributed by atoms with Crippen LogP contribution >= 0.6 is 0 Å². The molecule has 1 heterocycles. The predicted molar refractivity (Wildman–Crippen MR) is 236 cm³/mol. The summed E-state index contributed by atoms with van der Waals surface area (Å²) in [6.45, 7) is 12.9. The second-order valence-corrected chi connectivity index (χ2v) is 16.4. The van der Waals surface area contributed by atoms with Crippen LogP contribution in [-0.2, 0) is 10.8 Å². The minimum absolute atomic E-state index is 0.0788. The molecule has 4 bridgehead atoms. The topological polar surface area (TPSA) is 89.9 Å². The molecule has 56 heavy (non-hydrogen) atoms. The smallest absolute Gasteiger partial charge is 0.133 e. The van der Waals surface area contributed by atoms with Crippen LogP contribution in [-0.4, -0.2) is 35.1 Å². The van der Waals surface area contributed by atoms with Crippen molar-refractivity contribution in [3.8, 4) is 22.6 Å². The van der Waals surface area contributed by atoms with Gasteiger partial charge in [-0.1, -0.05) is 114 Å². The molecule has 0 saturated carbocycles. The Balaban J connectivity index is 1.48. The van der Waals surface area contributed by atoms with Crippen LogP contribution in [0.25, 0.3) is 32.7 Å². The summed E-state index contributed by atoms with van der Waals surface area (Å²) in [7, 11) is 0. The molecule has 0 fully saturated rings. The van der Waals surface area contributed by atoms with Gasteiger partial charge in [0.05, 0.1) is 22.7 Å². The SMILES string of the molecule is CC(C)(C)c1cc2c(O)c(c1)C=Nc1ccc3ccccc3c1-c1c(ccc3ccccc13)N=Cc1cc(C(C)(C)C)cc(c1O)C=Nc1ccccc1N=C2. The van der Waals surface area contributed by atoms with Crippen LogP contribution in [0, 0.1) is 0 Å². The van der Waals surface area contributed by atoms with Crippen LogP contribution in [0.5, 0.6) is 11.5 Å². The van der Waals surface area contributed by atoms with E-state index in [-0.39, 0.29) is 22.3 Å². The molecule has 0 atom stereocenters.